The van der Waals surface area contributed by atoms with Gasteiger partial charge >= 0.3 is 0 Å². The lowest BCUT2D eigenvalue weighted by molar-refractivity contribution is -0.114. The van der Waals surface area contributed by atoms with Crippen molar-refractivity contribution in [3.05, 3.63) is 48.0 Å². The Labute approximate surface area is 122 Å². The summed E-state index contributed by atoms with van der Waals surface area (Å²) in [7, 11) is 0. The van der Waals surface area contributed by atoms with E-state index in [1.54, 1.807) is 30.3 Å². The molecule has 0 radical (unpaired) electrons. The molecule has 108 valence electrons. The van der Waals surface area contributed by atoms with Crippen molar-refractivity contribution < 1.29 is 9.59 Å². The van der Waals surface area contributed by atoms with Crippen LogP contribution in [-0.2, 0) is 4.79 Å². The van der Waals surface area contributed by atoms with Gasteiger partial charge in [0.15, 0.2) is 0 Å². The number of nitrogen functional groups attached to an aromatic ring is 1. The minimum absolute atomic E-state index is 0.125. The molecule has 0 aliphatic heterocycles. The predicted molar refractivity (Wildman–Crippen MR) is 83.4 cm³/mol. The zero-order valence-corrected chi connectivity index (χ0v) is 11.5. The number of rotatable bonds is 4. The predicted octanol–water partition coefficient (Wildman–Crippen LogP) is 2.07. The van der Waals surface area contributed by atoms with E-state index in [1.807, 2.05) is 12.1 Å². The van der Waals surface area contributed by atoms with Gasteiger partial charge in [-0.2, -0.15) is 0 Å². The van der Waals surface area contributed by atoms with Gasteiger partial charge in [-0.15, -0.1) is 0 Å². The minimum atomic E-state index is -0.572. The summed E-state index contributed by atoms with van der Waals surface area (Å²) in [6, 6.07) is 12.1. The van der Waals surface area contributed by atoms with Crippen LogP contribution in [0.25, 0.3) is 0 Å². The zero-order valence-electron chi connectivity index (χ0n) is 11.5. The Bertz CT molecular complexity index is 681. The summed E-state index contributed by atoms with van der Waals surface area (Å²) in [4.78, 5) is 22.2. The molecule has 0 bridgehead atoms. The van der Waals surface area contributed by atoms with E-state index in [0.717, 1.165) is 5.69 Å². The first kappa shape index (κ1) is 14.4. The van der Waals surface area contributed by atoms with E-state index in [2.05, 4.69) is 10.6 Å². The summed E-state index contributed by atoms with van der Waals surface area (Å²) in [6.07, 6.45) is 0. The van der Waals surface area contributed by atoms with Crippen LogP contribution in [0.5, 0.6) is 0 Å². The first-order valence-electron chi connectivity index (χ1n) is 6.29. The monoisotopic (exact) mass is 284 g/mol. The fraction of sp³-hybridized carbons (Fsp3) is 0.0667. The highest BCUT2D eigenvalue weighted by Gasteiger charge is 2.07. The number of nitrogens with two attached hydrogens (primary N) is 2. The van der Waals surface area contributed by atoms with Crippen LogP contribution < -0.4 is 22.1 Å². The van der Waals surface area contributed by atoms with Gasteiger partial charge in [0.1, 0.15) is 0 Å². The number of hydrogen-bond donors (Lipinski definition) is 4. The standard InChI is InChI=1S/C15H16N4O2/c1-9(20)18-10-2-4-11(5-3-10)19-12-6-7-14(16)13(8-12)15(17)21/h2-8,19H,16H2,1H3,(H2,17,21)(H,18,20). The van der Waals surface area contributed by atoms with Gasteiger partial charge in [0.05, 0.1) is 5.56 Å². The fourth-order valence-electron chi connectivity index (χ4n) is 1.85. The summed E-state index contributed by atoms with van der Waals surface area (Å²) >= 11 is 0. The van der Waals surface area contributed by atoms with Gasteiger partial charge in [-0.3, -0.25) is 9.59 Å². The summed E-state index contributed by atoms with van der Waals surface area (Å²) in [6.45, 7) is 1.45. The van der Waals surface area contributed by atoms with E-state index in [1.165, 1.54) is 6.92 Å². The maximum Gasteiger partial charge on any atom is 0.250 e. The molecule has 6 nitrogen and oxygen atoms in total. The topological polar surface area (TPSA) is 110 Å². The number of hydrogen-bond acceptors (Lipinski definition) is 4. The molecule has 0 heterocycles. The average Bonchev–Trinajstić information content (AvgIpc) is 2.42. The van der Waals surface area contributed by atoms with E-state index < -0.39 is 5.91 Å². The molecule has 6 heteroatoms. The number of primary amides is 1. The van der Waals surface area contributed by atoms with Crippen LogP contribution in [0.2, 0.25) is 0 Å². The molecular weight excluding hydrogens is 268 g/mol. The van der Waals surface area contributed by atoms with Crippen molar-refractivity contribution in [2.45, 2.75) is 6.92 Å². The quantitative estimate of drug-likeness (QED) is 0.644. The molecule has 2 aromatic carbocycles. The van der Waals surface area contributed by atoms with Gasteiger partial charge in [0, 0.05) is 29.7 Å². The SMILES string of the molecule is CC(=O)Nc1ccc(Nc2ccc(N)c(C(N)=O)c2)cc1. The first-order chi connectivity index (χ1) is 9.95. The summed E-state index contributed by atoms with van der Waals surface area (Å²) < 4.78 is 0. The Morgan fingerprint density at radius 1 is 0.952 bits per heavy atom. The highest BCUT2D eigenvalue weighted by atomic mass is 16.1. The second-order valence-corrected chi connectivity index (χ2v) is 4.55. The lowest BCUT2D eigenvalue weighted by Gasteiger charge is -2.10. The second-order valence-electron chi connectivity index (χ2n) is 4.55. The van der Waals surface area contributed by atoms with Crippen LogP contribution in [0, 0.1) is 0 Å². The van der Waals surface area contributed by atoms with Gasteiger partial charge in [-0.25, -0.2) is 0 Å². The van der Waals surface area contributed by atoms with Crippen LogP contribution in [0.15, 0.2) is 42.5 Å². The molecule has 6 N–H and O–H groups in total. The molecule has 0 aliphatic carbocycles. The molecule has 0 atom stereocenters. The van der Waals surface area contributed by atoms with E-state index in [-0.39, 0.29) is 11.5 Å². The zero-order chi connectivity index (χ0) is 15.4. The van der Waals surface area contributed by atoms with Crippen molar-refractivity contribution in [2.24, 2.45) is 5.73 Å². The van der Waals surface area contributed by atoms with Crippen molar-refractivity contribution in [1.29, 1.82) is 0 Å². The number of amides is 2. The average molecular weight is 284 g/mol. The molecule has 0 spiro atoms. The molecule has 21 heavy (non-hydrogen) atoms. The Morgan fingerprint density at radius 3 is 2.10 bits per heavy atom. The van der Waals surface area contributed by atoms with Crippen LogP contribution in [-0.4, -0.2) is 11.8 Å². The van der Waals surface area contributed by atoms with Crippen molar-refractivity contribution in [2.75, 3.05) is 16.4 Å². The molecule has 0 aliphatic rings. The minimum Gasteiger partial charge on any atom is -0.398 e. The van der Waals surface area contributed by atoms with Crippen LogP contribution in [0.3, 0.4) is 0 Å². The van der Waals surface area contributed by atoms with Crippen LogP contribution >= 0.6 is 0 Å². The maximum absolute atomic E-state index is 11.2. The van der Waals surface area contributed by atoms with Crippen molar-refractivity contribution in [3.63, 3.8) is 0 Å². The van der Waals surface area contributed by atoms with Crippen molar-refractivity contribution >= 4 is 34.6 Å². The molecule has 0 aromatic heterocycles. The van der Waals surface area contributed by atoms with E-state index in [9.17, 15) is 9.59 Å². The molecule has 0 saturated carbocycles. The van der Waals surface area contributed by atoms with Crippen LogP contribution in [0.1, 0.15) is 17.3 Å². The van der Waals surface area contributed by atoms with Gasteiger partial charge in [-0.1, -0.05) is 0 Å². The molecule has 0 unspecified atom stereocenters. The van der Waals surface area contributed by atoms with E-state index >= 15 is 0 Å². The molecule has 2 rings (SSSR count). The number of carbonyl (C=O) groups excluding carboxylic acids is 2. The Balaban J connectivity index is 2.16. The third-order valence-corrected chi connectivity index (χ3v) is 2.81. The number of nitrogens with one attached hydrogen (secondary N) is 2. The largest absolute Gasteiger partial charge is 0.398 e. The lowest BCUT2D eigenvalue weighted by atomic mass is 10.1. The summed E-state index contributed by atoms with van der Waals surface area (Å²) in [5, 5.41) is 5.81. The number of carbonyl (C=O) groups is 2. The Hall–Kier alpha value is -3.02. The third kappa shape index (κ3) is 3.73. The number of benzene rings is 2. The van der Waals surface area contributed by atoms with Gasteiger partial charge < -0.3 is 22.1 Å². The summed E-state index contributed by atoms with van der Waals surface area (Å²) in [5.74, 6) is -0.697. The third-order valence-electron chi connectivity index (χ3n) is 2.81. The second kappa shape index (κ2) is 5.96. The van der Waals surface area contributed by atoms with E-state index in [4.69, 9.17) is 11.5 Å². The molecule has 0 saturated heterocycles. The van der Waals surface area contributed by atoms with Gasteiger partial charge in [-0.05, 0) is 42.5 Å². The molecular formula is C15H16N4O2. The lowest BCUT2D eigenvalue weighted by Crippen LogP contribution is -2.13. The molecule has 0 fully saturated rings. The Morgan fingerprint density at radius 2 is 1.52 bits per heavy atom. The smallest absolute Gasteiger partial charge is 0.250 e. The normalized spacial score (nSPS) is 9.95. The first-order valence-corrected chi connectivity index (χ1v) is 6.29. The van der Waals surface area contributed by atoms with Gasteiger partial charge in [0.2, 0.25) is 5.91 Å². The van der Waals surface area contributed by atoms with Crippen molar-refractivity contribution in [3.8, 4) is 0 Å². The van der Waals surface area contributed by atoms with Crippen molar-refractivity contribution in [1.82, 2.24) is 0 Å². The highest BCUT2D eigenvalue weighted by Crippen LogP contribution is 2.22. The fourth-order valence-corrected chi connectivity index (χ4v) is 1.85. The van der Waals surface area contributed by atoms with Gasteiger partial charge in [0.25, 0.3) is 5.91 Å². The molecule has 2 amide bonds. The Kier molecular flexibility index (Phi) is 4.08. The summed E-state index contributed by atoms with van der Waals surface area (Å²) in [5.41, 5.74) is 13.8. The molecule has 2 aromatic rings. The highest BCUT2D eigenvalue weighted by molar-refractivity contribution is 5.99. The van der Waals surface area contributed by atoms with E-state index in [0.29, 0.717) is 17.1 Å². The number of anilines is 4. The van der Waals surface area contributed by atoms with Crippen LogP contribution in [0.4, 0.5) is 22.7 Å². The maximum atomic E-state index is 11.2.